The van der Waals surface area contributed by atoms with E-state index in [-0.39, 0.29) is 43.4 Å². The van der Waals surface area contributed by atoms with Gasteiger partial charge in [-0.05, 0) is 80.0 Å². The zero-order valence-electron chi connectivity index (χ0n) is 39.1. The lowest BCUT2D eigenvalue weighted by Crippen LogP contribution is -2.57. The lowest BCUT2D eigenvalue weighted by molar-refractivity contribution is -0.144. The van der Waals surface area contributed by atoms with Gasteiger partial charge in [0.15, 0.2) is 11.5 Å². The molecule has 67 heavy (non-hydrogen) atoms. The molecule has 1 saturated heterocycles. The van der Waals surface area contributed by atoms with Crippen LogP contribution in [0.4, 0.5) is 24.7 Å². The van der Waals surface area contributed by atoms with Crippen molar-refractivity contribution in [1.82, 2.24) is 30.5 Å². The van der Waals surface area contributed by atoms with E-state index in [9.17, 15) is 32.7 Å². The Balaban J connectivity index is 0.963. The Morgan fingerprint density at radius 2 is 1.69 bits per heavy atom. The Morgan fingerprint density at radius 1 is 0.970 bits per heavy atom. The van der Waals surface area contributed by atoms with Crippen molar-refractivity contribution < 1.29 is 42.1 Å². The molecule has 6 N–H and O–H groups in total. The lowest BCUT2D eigenvalue weighted by Gasteiger charge is -2.35. The van der Waals surface area contributed by atoms with E-state index >= 15 is 0 Å². The summed E-state index contributed by atoms with van der Waals surface area (Å²) in [4.78, 5) is 56.7. The third kappa shape index (κ3) is 13.1. The van der Waals surface area contributed by atoms with Crippen LogP contribution in [-0.2, 0) is 27.1 Å². The number of hydrogen-bond acceptors (Lipinski definition) is 12. The average molecular weight is 947 g/mol. The van der Waals surface area contributed by atoms with E-state index in [0.29, 0.717) is 59.1 Å². The van der Waals surface area contributed by atoms with Gasteiger partial charge >= 0.3 is 6.18 Å². The Morgan fingerprint density at radius 3 is 2.36 bits per heavy atom. The molecule has 0 radical (unpaired) electrons. The number of hydrogen-bond donors (Lipinski definition) is 5. The maximum atomic E-state index is 14.0. The number of benzene rings is 3. The number of unbranched alkanes of at least 4 members (excludes halogenated alkanes) is 4. The number of nitrogen functional groups attached to an aromatic ring is 1. The summed E-state index contributed by atoms with van der Waals surface area (Å²) >= 11 is 1.57. The number of nitrogens with one attached hydrogen (secondary N) is 3. The van der Waals surface area contributed by atoms with Gasteiger partial charge < -0.3 is 41.2 Å². The van der Waals surface area contributed by atoms with Crippen LogP contribution in [0.3, 0.4) is 0 Å². The van der Waals surface area contributed by atoms with Gasteiger partial charge in [-0.25, -0.2) is 15.0 Å². The fourth-order valence-electron chi connectivity index (χ4n) is 8.13. The Labute approximate surface area is 393 Å². The molecule has 0 unspecified atom stereocenters. The highest BCUT2D eigenvalue weighted by atomic mass is 32.1. The van der Waals surface area contributed by atoms with Crippen LogP contribution < -0.4 is 31.2 Å². The number of ether oxygens (including phenoxy) is 2. The minimum Gasteiger partial charge on any atom is -0.493 e. The number of rotatable bonds is 19. The maximum Gasteiger partial charge on any atom is 0.416 e. The van der Waals surface area contributed by atoms with E-state index in [1.54, 1.807) is 37.3 Å². The van der Waals surface area contributed by atoms with Gasteiger partial charge in [-0.2, -0.15) is 13.2 Å². The number of aromatic nitrogens is 3. The predicted octanol–water partition coefficient (Wildman–Crippen LogP) is 8.68. The van der Waals surface area contributed by atoms with Gasteiger partial charge in [0.05, 0.1) is 53.0 Å². The third-order valence-electron chi connectivity index (χ3n) is 11.8. The SMILES string of the molecule is COc1cc2nc(C)nc(N[C@H](C)c3cc(N)cc(C(F)(F)F)c3)c2cc1OCCCCCCCC(=O)N[C@H](C(=O)N1C[C@H](O)C[C@H]1C(=O)NCc1ccc(-c2scnc2C)cc1)C(C)(C)C. The molecule has 0 aliphatic carbocycles. The van der Waals surface area contributed by atoms with Gasteiger partial charge in [0.1, 0.15) is 23.7 Å². The maximum absolute atomic E-state index is 14.0. The summed E-state index contributed by atoms with van der Waals surface area (Å²) in [5, 5.41) is 20.3. The first-order chi connectivity index (χ1) is 31.7. The average Bonchev–Trinajstić information content (AvgIpc) is 3.89. The van der Waals surface area contributed by atoms with Crippen molar-refractivity contribution in [3.05, 3.63) is 88.3 Å². The minimum absolute atomic E-state index is 0.00201. The second-order valence-electron chi connectivity index (χ2n) is 18.2. The van der Waals surface area contributed by atoms with Crippen molar-refractivity contribution in [1.29, 1.82) is 0 Å². The normalized spacial score (nSPS) is 16.1. The molecule has 1 fully saturated rings. The molecule has 0 spiro atoms. The number of aliphatic hydroxyl groups excluding tert-OH is 1. The second-order valence-corrected chi connectivity index (χ2v) is 19.1. The molecule has 6 rings (SSSR count). The molecular formula is C49H61F3N8O6S. The monoisotopic (exact) mass is 946 g/mol. The number of nitrogens with two attached hydrogens (primary N) is 1. The molecule has 5 aromatic rings. The number of aryl methyl sites for hydroxylation is 2. The smallest absolute Gasteiger partial charge is 0.416 e. The summed E-state index contributed by atoms with van der Waals surface area (Å²) in [5.41, 5.74) is 9.94. The van der Waals surface area contributed by atoms with E-state index < -0.39 is 47.3 Å². The van der Waals surface area contributed by atoms with Crippen molar-refractivity contribution in [2.45, 2.75) is 123 Å². The van der Waals surface area contributed by atoms with Gasteiger partial charge in [0.2, 0.25) is 17.7 Å². The lowest BCUT2D eigenvalue weighted by atomic mass is 9.85. The fraction of sp³-hybridized carbons (Fsp3) is 0.469. The summed E-state index contributed by atoms with van der Waals surface area (Å²) in [7, 11) is 1.53. The number of carbonyl (C=O) groups is 3. The van der Waals surface area contributed by atoms with E-state index in [1.807, 2.05) is 57.5 Å². The fourth-order valence-corrected chi connectivity index (χ4v) is 8.94. The molecule has 18 heteroatoms. The summed E-state index contributed by atoms with van der Waals surface area (Å²) in [6.07, 6.45) is -1.34. The van der Waals surface area contributed by atoms with Crippen molar-refractivity contribution in [3.63, 3.8) is 0 Å². The number of nitrogens with zero attached hydrogens (tertiary/aromatic N) is 4. The Kier molecular flexibility index (Phi) is 16.4. The highest BCUT2D eigenvalue weighted by Crippen LogP contribution is 2.37. The number of fused-ring (bicyclic) bond motifs is 1. The van der Waals surface area contributed by atoms with E-state index in [1.165, 1.54) is 18.1 Å². The topological polar surface area (TPSA) is 194 Å². The second kappa shape index (κ2) is 21.7. The van der Waals surface area contributed by atoms with E-state index in [0.717, 1.165) is 53.1 Å². The van der Waals surface area contributed by atoms with Crippen molar-refractivity contribution >= 4 is 51.5 Å². The standard InChI is InChI=1S/C49H61F3N8O6S/c1-28(33-19-34(49(50,51)52)21-35(53)20-33)56-45-37-23-41(40(65-7)24-38(37)57-30(3)58-45)66-18-12-10-8-9-11-13-42(62)59-44(48(4,5)6)47(64)60-26-36(61)22-39(60)46(63)54-25-31-14-16-32(17-15-31)43-29(2)55-27-67-43/h14-17,19-21,23-24,27-28,36,39,44,61H,8-13,18,22,25-26,53H2,1-7H3,(H,54,63)(H,59,62)(H,56,57,58)/t28-,36-,39+,44-/m1/s1. The zero-order chi connectivity index (χ0) is 48.6. The molecule has 0 bridgehead atoms. The molecule has 360 valence electrons. The first-order valence-corrected chi connectivity index (χ1v) is 23.4. The van der Waals surface area contributed by atoms with Crippen LogP contribution in [-0.4, -0.2) is 81.1 Å². The molecule has 1 aliphatic heterocycles. The number of carbonyl (C=O) groups excluding carboxylic acids is 3. The van der Waals surface area contributed by atoms with Gasteiger partial charge in [-0.1, -0.05) is 64.3 Å². The molecule has 0 saturated carbocycles. The van der Waals surface area contributed by atoms with Crippen LogP contribution in [0.25, 0.3) is 21.3 Å². The minimum atomic E-state index is -4.55. The van der Waals surface area contributed by atoms with Crippen molar-refractivity contribution in [2.24, 2.45) is 5.41 Å². The summed E-state index contributed by atoms with van der Waals surface area (Å²) in [6.45, 7) is 11.6. The Bertz CT molecular complexity index is 2530. The third-order valence-corrected chi connectivity index (χ3v) is 12.7. The summed E-state index contributed by atoms with van der Waals surface area (Å²) < 4.78 is 52.4. The van der Waals surface area contributed by atoms with Crippen molar-refractivity contribution in [3.8, 4) is 21.9 Å². The van der Waals surface area contributed by atoms with Crippen LogP contribution in [0.2, 0.25) is 0 Å². The largest absolute Gasteiger partial charge is 0.493 e. The quantitative estimate of drug-likeness (QED) is 0.0393. The van der Waals surface area contributed by atoms with E-state index in [2.05, 4.69) is 30.9 Å². The highest BCUT2D eigenvalue weighted by Gasteiger charge is 2.44. The number of amides is 3. The Hall–Kier alpha value is -6.01. The number of aliphatic hydroxyl groups is 1. The summed E-state index contributed by atoms with van der Waals surface area (Å²) in [5.74, 6) is 0.759. The number of alkyl halides is 3. The van der Waals surface area contributed by atoms with Gasteiger partial charge in [-0.3, -0.25) is 14.4 Å². The number of methoxy groups -OCH3 is 1. The number of thiazole rings is 1. The van der Waals surface area contributed by atoms with Gasteiger partial charge in [0, 0.05) is 43.1 Å². The summed E-state index contributed by atoms with van der Waals surface area (Å²) in [6, 6.07) is 12.4. The molecule has 3 amide bonds. The van der Waals surface area contributed by atoms with Crippen LogP contribution in [0.1, 0.15) is 107 Å². The van der Waals surface area contributed by atoms with Crippen LogP contribution in [0.15, 0.2) is 60.1 Å². The van der Waals surface area contributed by atoms with Crippen LogP contribution in [0.5, 0.6) is 11.5 Å². The van der Waals surface area contributed by atoms with Crippen molar-refractivity contribution in [2.75, 3.05) is 31.3 Å². The van der Waals surface area contributed by atoms with Gasteiger partial charge in [0.25, 0.3) is 0 Å². The molecule has 3 aromatic carbocycles. The first-order valence-electron chi connectivity index (χ1n) is 22.5. The van der Waals surface area contributed by atoms with Crippen LogP contribution in [0, 0.1) is 19.3 Å². The molecular weight excluding hydrogens is 886 g/mol. The molecule has 1 aliphatic rings. The molecule has 2 aromatic heterocycles. The molecule has 4 atom stereocenters. The highest BCUT2D eigenvalue weighted by molar-refractivity contribution is 7.13. The first kappa shape index (κ1) is 50.4. The van der Waals surface area contributed by atoms with Crippen LogP contribution >= 0.6 is 11.3 Å². The van der Waals surface area contributed by atoms with E-state index in [4.69, 9.17) is 15.2 Å². The molecule has 3 heterocycles. The number of β-amino-alcohol motifs (C(OH)–C–C–N with tert-alkyl or cyclic N) is 1. The molecule has 14 nitrogen and oxygen atoms in total. The van der Waals surface area contributed by atoms with Gasteiger partial charge in [-0.15, -0.1) is 11.3 Å². The predicted molar refractivity (Wildman–Crippen MR) is 254 cm³/mol. The number of likely N-dealkylation sites (tertiary alicyclic amines) is 1. The number of halogens is 3. The number of anilines is 2. The zero-order valence-corrected chi connectivity index (χ0v) is 39.9.